The minimum Gasteiger partial charge on any atom is -0.478 e. The number of nitrogens with zero attached hydrogens (tertiary/aromatic N) is 1. The van der Waals surface area contributed by atoms with Crippen molar-refractivity contribution in [1.29, 1.82) is 0 Å². The summed E-state index contributed by atoms with van der Waals surface area (Å²) in [5.74, 6) is 3.26. The van der Waals surface area contributed by atoms with Crippen LogP contribution in [-0.4, -0.2) is 11.7 Å². The fraction of sp³-hybridized carbons (Fsp3) is 0. The van der Waals surface area contributed by atoms with E-state index in [0.29, 0.717) is 5.75 Å². The number of aromatic nitrogens is 1. The summed E-state index contributed by atoms with van der Waals surface area (Å²) in [4.78, 5) is 4.85. The molecule has 5 heteroatoms. The number of rotatable bonds is 1. The Balaban J connectivity index is 0.00000196. The summed E-state index contributed by atoms with van der Waals surface area (Å²) >= 11 is 0. The second-order valence-electron chi connectivity index (χ2n) is 7.89. The zero-order valence-corrected chi connectivity index (χ0v) is 19.2. The molecule has 0 N–H and O–H groups in total. The molecule has 0 unspecified atom stereocenters. The Kier molecular flexibility index (Phi) is 4.43. The van der Waals surface area contributed by atoms with Crippen molar-refractivity contribution >= 4 is 34.0 Å². The van der Waals surface area contributed by atoms with Gasteiger partial charge in [-0.05, 0) is 40.2 Å². The molecular weight excluding hydrogens is 573 g/mol. The van der Waals surface area contributed by atoms with E-state index in [1.807, 2.05) is 54.6 Å². The van der Waals surface area contributed by atoms with Crippen molar-refractivity contribution in [3.63, 3.8) is 0 Å². The molecule has 1 radical (unpaired) electrons. The summed E-state index contributed by atoms with van der Waals surface area (Å²) in [6, 6.07) is 34.2. The quantitative estimate of drug-likeness (QED) is 0.210. The van der Waals surface area contributed by atoms with Crippen LogP contribution in [0.3, 0.4) is 0 Å². The normalized spacial score (nSPS) is 12.6. The van der Waals surface area contributed by atoms with Gasteiger partial charge >= 0.3 is 0 Å². The predicted octanol–water partition coefficient (Wildman–Crippen LogP) is 4.43. The maximum absolute atomic E-state index is 6.36. The summed E-state index contributed by atoms with van der Waals surface area (Å²) in [6.45, 7) is 0.0646. The largest absolute Gasteiger partial charge is 0.478 e. The van der Waals surface area contributed by atoms with E-state index in [9.17, 15) is 0 Å². The van der Waals surface area contributed by atoms with Crippen molar-refractivity contribution < 1.29 is 29.6 Å². The van der Waals surface area contributed by atoms with E-state index in [0.717, 1.165) is 55.8 Å². The first-order valence-electron chi connectivity index (χ1n) is 10.3. The third-order valence-corrected chi connectivity index (χ3v) is 6.09. The van der Waals surface area contributed by atoms with Crippen LogP contribution in [0.5, 0.6) is 23.0 Å². The van der Waals surface area contributed by atoms with E-state index in [4.69, 9.17) is 14.5 Å². The maximum Gasteiger partial charge on any atom is 0.208 e. The van der Waals surface area contributed by atoms with Crippen LogP contribution in [0.2, 0.25) is 0 Å². The summed E-state index contributed by atoms with van der Waals surface area (Å²) in [5.41, 5.74) is 5.99. The van der Waals surface area contributed by atoms with Gasteiger partial charge in [-0.25, -0.2) is 0 Å². The average molecular weight is 588 g/mol. The van der Waals surface area contributed by atoms with E-state index in [1.54, 1.807) is 0 Å². The second-order valence-corrected chi connectivity index (χ2v) is 7.89. The van der Waals surface area contributed by atoms with E-state index in [2.05, 4.69) is 42.5 Å². The van der Waals surface area contributed by atoms with Gasteiger partial charge in [0.1, 0.15) is 11.5 Å². The van der Waals surface area contributed by atoms with Gasteiger partial charge in [0.05, 0.1) is 5.52 Å². The molecular formula is C27H15BIrNO2-. The average Bonchev–Trinajstić information content (AvgIpc) is 2.83. The Morgan fingerprint density at radius 1 is 0.688 bits per heavy atom. The number of para-hydroxylation sites is 3. The van der Waals surface area contributed by atoms with Crippen molar-refractivity contribution in [1.82, 2.24) is 4.98 Å². The molecule has 0 saturated heterocycles. The van der Waals surface area contributed by atoms with Crippen LogP contribution in [0, 0.1) is 6.07 Å². The van der Waals surface area contributed by atoms with Gasteiger partial charge in [0, 0.05) is 31.6 Å². The molecule has 0 atom stereocenters. The van der Waals surface area contributed by atoms with Gasteiger partial charge in [-0.15, -0.1) is 11.6 Å². The monoisotopic (exact) mass is 589 g/mol. The van der Waals surface area contributed by atoms with Gasteiger partial charge in [-0.2, -0.15) is 0 Å². The van der Waals surface area contributed by atoms with E-state index < -0.39 is 0 Å². The first kappa shape index (κ1) is 19.3. The van der Waals surface area contributed by atoms with Crippen molar-refractivity contribution in [3.8, 4) is 34.3 Å². The van der Waals surface area contributed by atoms with Crippen LogP contribution in [0.15, 0.2) is 91.0 Å². The van der Waals surface area contributed by atoms with Crippen LogP contribution in [0.25, 0.3) is 22.2 Å². The fourth-order valence-corrected chi connectivity index (χ4v) is 4.67. The van der Waals surface area contributed by atoms with Gasteiger partial charge < -0.3 is 9.47 Å². The Morgan fingerprint density at radius 2 is 1.38 bits per heavy atom. The zero-order chi connectivity index (χ0) is 20.4. The van der Waals surface area contributed by atoms with Crippen molar-refractivity contribution in [2.24, 2.45) is 0 Å². The molecule has 7 rings (SSSR count). The van der Waals surface area contributed by atoms with Crippen LogP contribution in [0.4, 0.5) is 0 Å². The van der Waals surface area contributed by atoms with Crippen molar-refractivity contribution in [2.45, 2.75) is 0 Å². The molecule has 4 aromatic carbocycles. The Labute approximate surface area is 199 Å². The van der Waals surface area contributed by atoms with Gasteiger partial charge in [-0.1, -0.05) is 78.3 Å². The third-order valence-electron chi connectivity index (χ3n) is 6.09. The Bertz CT molecular complexity index is 1450. The number of benzene rings is 4. The van der Waals surface area contributed by atoms with Crippen LogP contribution >= 0.6 is 0 Å². The maximum atomic E-state index is 6.36. The van der Waals surface area contributed by atoms with Gasteiger partial charge in [0.15, 0.2) is 0 Å². The summed E-state index contributed by atoms with van der Waals surface area (Å²) in [5, 5.41) is 1.11. The smallest absolute Gasteiger partial charge is 0.208 e. The molecule has 32 heavy (non-hydrogen) atoms. The van der Waals surface area contributed by atoms with Gasteiger partial charge in [0.25, 0.3) is 0 Å². The third kappa shape index (κ3) is 2.82. The van der Waals surface area contributed by atoms with Crippen LogP contribution in [-0.2, 0) is 20.1 Å². The molecule has 0 aliphatic carbocycles. The molecule has 3 nitrogen and oxygen atoms in total. The first-order chi connectivity index (χ1) is 15.3. The number of fused-ring (bicyclic) bond motifs is 5. The molecule has 0 saturated carbocycles. The van der Waals surface area contributed by atoms with Crippen LogP contribution < -0.4 is 25.9 Å². The van der Waals surface area contributed by atoms with E-state index in [-0.39, 0.29) is 26.8 Å². The fourth-order valence-electron chi connectivity index (χ4n) is 4.67. The molecule has 153 valence electrons. The standard InChI is InChI=1S/C27H15BNO2.Ir/c1-4-10-21-17(7-1)13-14-22(29-21)18-15-25-27-26(16-18)31-24-12-6-3-9-20(24)28(27)19-8-2-5-11-23(19)30-25;/h1-15H;/q-1;. The summed E-state index contributed by atoms with van der Waals surface area (Å²) in [7, 11) is 0. The van der Waals surface area contributed by atoms with Gasteiger partial charge in [-0.3, -0.25) is 4.98 Å². The van der Waals surface area contributed by atoms with Crippen LogP contribution in [0.1, 0.15) is 0 Å². The molecule has 5 aromatic rings. The second kappa shape index (κ2) is 7.34. The Hall–Kier alpha value is -3.40. The molecule has 3 heterocycles. The number of ether oxygens (including phenoxy) is 2. The molecule has 0 amide bonds. The molecule has 0 fully saturated rings. The zero-order valence-electron chi connectivity index (χ0n) is 16.8. The molecule has 1 aromatic heterocycles. The first-order valence-corrected chi connectivity index (χ1v) is 10.3. The molecule has 0 spiro atoms. The Morgan fingerprint density at radius 3 is 2.19 bits per heavy atom. The van der Waals surface area contributed by atoms with Gasteiger partial charge in [0.2, 0.25) is 6.71 Å². The minimum atomic E-state index is 0. The number of pyridine rings is 1. The van der Waals surface area contributed by atoms with Crippen molar-refractivity contribution in [2.75, 3.05) is 0 Å². The summed E-state index contributed by atoms with van der Waals surface area (Å²) < 4.78 is 12.7. The SMILES string of the molecule is [Ir].[c-]1c(-c2ccc3ccccc3n2)cc2c3c1Oc1ccccc1B3c1ccccc1O2. The predicted molar refractivity (Wildman–Crippen MR) is 124 cm³/mol. The van der Waals surface area contributed by atoms with Crippen molar-refractivity contribution in [3.05, 3.63) is 97.1 Å². The molecule has 0 bridgehead atoms. The molecule has 2 aliphatic heterocycles. The van der Waals surface area contributed by atoms with E-state index >= 15 is 0 Å². The topological polar surface area (TPSA) is 31.4 Å². The number of hydrogen-bond donors (Lipinski definition) is 0. The summed E-state index contributed by atoms with van der Waals surface area (Å²) in [6.07, 6.45) is 0. The van der Waals surface area contributed by atoms with E-state index in [1.165, 1.54) is 0 Å². The molecule has 2 aliphatic rings. The number of hydrogen-bond acceptors (Lipinski definition) is 3. The minimum absolute atomic E-state index is 0.